The predicted molar refractivity (Wildman–Crippen MR) is 129 cm³/mol. The Kier molecular flexibility index (Phi) is 8.37. The van der Waals surface area contributed by atoms with Crippen LogP contribution in [0.1, 0.15) is 25.8 Å². The minimum Gasteiger partial charge on any atom is -0.475 e. The van der Waals surface area contributed by atoms with Gasteiger partial charge in [0, 0.05) is 33.1 Å². The maximum Gasteiger partial charge on any atom is 0.490 e. The van der Waals surface area contributed by atoms with Gasteiger partial charge in [-0.05, 0) is 18.9 Å². The Labute approximate surface area is 218 Å². The largest absolute Gasteiger partial charge is 0.490 e. The number of halogens is 3. The summed E-state index contributed by atoms with van der Waals surface area (Å²) in [6, 6.07) is 9.31. The van der Waals surface area contributed by atoms with Gasteiger partial charge in [-0.3, -0.25) is 19.5 Å². The van der Waals surface area contributed by atoms with Crippen molar-refractivity contribution in [2.45, 2.75) is 44.4 Å². The number of carboxylic acid groups (broad SMARTS) is 1. The number of fused-ring (bicyclic) bond motifs is 3. The number of carbonyl (C=O) groups is 4. The molecule has 0 bridgehead atoms. The van der Waals surface area contributed by atoms with Crippen molar-refractivity contribution in [2.24, 2.45) is 16.8 Å². The van der Waals surface area contributed by atoms with Crippen molar-refractivity contribution >= 4 is 29.7 Å². The molecule has 3 saturated heterocycles. The van der Waals surface area contributed by atoms with Crippen LogP contribution < -0.4 is 0 Å². The van der Waals surface area contributed by atoms with Crippen molar-refractivity contribution in [2.75, 3.05) is 33.8 Å². The molecule has 0 saturated carbocycles. The molecule has 38 heavy (non-hydrogen) atoms. The molecule has 3 heterocycles. The third-order valence-electron chi connectivity index (χ3n) is 7.12. The SMILES string of the molecule is CCCN=C1N(CC)C[C@@H]2[C@@H]3C(=O)N(C)C(=O)[C@@H]3[C@](Cc3ccccc3)(C(=O)OC)N12.O=C(O)C(F)(F)F. The summed E-state index contributed by atoms with van der Waals surface area (Å²) in [5, 5.41) is 7.12. The van der Waals surface area contributed by atoms with Crippen LogP contribution in [0.3, 0.4) is 0 Å². The fourth-order valence-electron chi connectivity index (χ4n) is 5.55. The average molecular weight is 541 g/mol. The monoisotopic (exact) mass is 540 g/mol. The molecule has 4 rings (SSSR count). The Balaban J connectivity index is 0.000000505. The molecule has 1 N–H and O–H groups in total. The topological polar surface area (TPSA) is 120 Å². The molecule has 13 heteroatoms. The van der Waals surface area contributed by atoms with E-state index in [0.29, 0.717) is 25.6 Å². The Morgan fingerprint density at radius 1 is 1.16 bits per heavy atom. The average Bonchev–Trinajstić information content (AvgIpc) is 3.46. The van der Waals surface area contributed by atoms with Crippen molar-refractivity contribution in [3.05, 3.63) is 35.9 Å². The van der Waals surface area contributed by atoms with Crippen LogP contribution in [0.4, 0.5) is 13.2 Å². The molecule has 4 atom stereocenters. The maximum absolute atomic E-state index is 13.6. The quantitative estimate of drug-likeness (QED) is 0.429. The van der Waals surface area contributed by atoms with Crippen molar-refractivity contribution in [1.82, 2.24) is 14.7 Å². The smallest absolute Gasteiger partial charge is 0.475 e. The standard InChI is InChI=1S/C23H30N4O4.C2HF3O2/c1-5-12-24-22-26(6-2)14-16-17-18(20(29)25(3)19(17)28)23(27(16)22,21(30)31-4)13-15-10-8-7-9-11-15;3-2(4,5)1(6)7/h7-11,16-18H,5-6,12-14H2,1-4H3;(H,6,7)/t16-,17+,18-,23-;/m1./s1. The van der Waals surface area contributed by atoms with Crippen LogP contribution in [0, 0.1) is 11.8 Å². The fraction of sp³-hybridized carbons (Fsp3) is 0.560. The van der Waals surface area contributed by atoms with Crippen LogP contribution in [0.2, 0.25) is 0 Å². The van der Waals surface area contributed by atoms with E-state index < -0.39 is 35.5 Å². The molecule has 0 aromatic heterocycles. The van der Waals surface area contributed by atoms with Crippen LogP contribution in [-0.2, 0) is 30.3 Å². The lowest BCUT2D eigenvalue weighted by Gasteiger charge is -2.40. The maximum atomic E-state index is 13.6. The van der Waals surface area contributed by atoms with Gasteiger partial charge in [0.05, 0.1) is 25.0 Å². The number of rotatable bonds is 6. The zero-order valence-corrected chi connectivity index (χ0v) is 21.6. The Bertz CT molecular complexity index is 1110. The zero-order chi connectivity index (χ0) is 28.4. The van der Waals surface area contributed by atoms with E-state index >= 15 is 0 Å². The molecular formula is C25H31F3N4O6. The molecule has 0 unspecified atom stereocenters. The Morgan fingerprint density at radius 2 is 1.76 bits per heavy atom. The number of aliphatic imine (C=N–C) groups is 1. The van der Waals surface area contributed by atoms with Gasteiger partial charge in [-0.15, -0.1) is 0 Å². The summed E-state index contributed by atoms with van der Waals surface area (Å²) in [7, 11) is 2.86. The second kappa shape index (κ2) is 11.0. The van der Waals surface area contributed by atoms with Gasteiger partial charge in [0.2, 0.25) is 11.8 Å². The second-order valence-electron chi connectivity index (χ2n) is 9.28. The van der Waals surface area contributed by atoms with E-state index in [-0.39, 0.29) is 24.3 Å². The van der Waals surface area contributed by atoms with Gasteiger partial charge in [0.15, 0.2) is 11.5 Å². The molecule has 208 valence electrons. The highest BCUT2D eigenvalue weighted by Crippen LogP contribution is 2.53. The second-order valence-corrected chi connectivity index (χ2v) is 9.28. The van der Waals surface area contributed by atoms with Gasteiger partial charge in [-0.2, -0.15) is 13.2 Å². The van der Waals surface area contributed by atoms with Crippen LogP contribution >= 0.6 is 0 Å². The number of imide groups is 1. The van der Waals surface area contributed by atoms with Crippen LogP contribution in [0.5, 0.6) is 0 Å². The molecule has 3 aliphatic heterocycles. The molecule has 0 spiro atoms. The summed E-state index contributed by atoms with van der Waals surface area (Å²) < 4.78 is 37.1. The third kappa shape index (κ3) is 4.81. The van der Waals surface area contributed by atoms with Crippen LogP contribution in [-0.4, -0.2) is 101 Å². The zero-order valence-electron chi connectivity index (χ0n) is 21.6. The number of ether oxygens (including phenoxy) is 1. The number of hydrogen-bond acceptors (Lipinski definition) is 6. The number of methoxy groups -OCH3 is 1. The van der Waals surface area contributed by atoms with Gasteiger partial charge in [0.1, 0.15) is 0 Å². The first-order valence-corrected chi connectivity index (χ1v) is 12.2. The molecule has 2 amide bonds. The van der Waals surface area contributed by atoms with Crippen LogP contribution in [0.15, 0.2) is 35.3 Å². The number of carbonyl (C=O) groups excluding carboxylic acids is 3. The van der Waals surface area contributed by atoms with E-state index in [1.165, 1.54) is 19.1 Å². The normalized spacial score (nSPS) is 27.3. The minimum atomic E-state index is -5.08. The highest BCUT2D eigenvalue weighted by molar-refractivity contribution is 6.11. The van der Waals surface area contributed by atoms with Gasteiger partial charge in [0.25, 0.3) is 0 Å². The van der Waals surface area contributed by atoms with E-state index in [4.69, 9.17) is 19.6 Å². The van der Waals surface area contributed by atoms with Gasteiger partial charge >= 0.3 is 18.1 Å². The summed E-state index contributed by atoms with van der Waals surface area (Å²) in [5.74, 6) is -4.49. The first-order chi connectivity index (χ1) is 17.9. The first-order valence-electron chi connectivity index (χ1n) is 12.2. The number of benzene rings is 1. The van der Waals surface area contributed by atoms with Crippen molar-refractivity contribution < 1.29 is 42.2 Å². The van der Waals surface area contributed by atoms with Gasteiger partial charge in [-0.25, -0.2) is 9.59 Å². The van der Waals surface area contributed by atoms with Crippen molar-refractivity contribution in [3.63, 3.8) is 0 Å². The number of likely N-dealkylation sites (tertiary alicyclic amines) is 1. The molecular weight excluding hydrogens is 509 g/mol. The van der Waals surface area contributed by atoms with E-state index in [9.17, 15) is 27.6 Å². The van der Waals surface area contributed by atoms with Gasteiger partial charge in [-0.1, -0.05) is 37.3 Å². The number of carboxylic acids is 1. The van der Waals surface area contributed by atoms with E-state index in [1.54, 1.807) is 0 Å². The molecule has 3 aliphatic rings. The lowest BCUT2D eigenvalue weighted by atomic mass is 9.76. The molecule has 0 aliphatic carbocycles. The number of guanidine groups is 1. The lowest BCUT2D eigenvalue weighted by Crippen LogP contribution is -2.61. The first kappa shape index (κ1) is 28.9. The fourth-order valence-corrected chi connectivity index (χ4v) is 5.55. The van der Waals surface area contributed by atoms with E-state index in [1.807, 2.05) is 49.1 Å². The Hall–Kier alpha value is -3.64. The minimum absolute atomic E-state index is 0.225. The molecule has 1 aromatic carbocycles. The number of esters is 1. The highest BCUT2D eigenvalue weighted by Gasteiger charge is 2.74. The summed E-state index contributed by atoms with van der Waals surface area (Å²) in [5.41, 5.74) is -0.411. The molecule has 10 nitrogen and oxygen atoms in total. The van der Waals surface area contributed by atoms with Crippen LogP contribution in [0.25, 0.3) is 0 Å². The Morgan fingerprint density at radius 3 is 2.26 bits per heavy atom. The molecule has 3 fully saturated rings. The summed E-state index contributed by atoms with van der Waals surface area (Å²) in [6.45, 7) is 5.94. The lowest BCUT2D eigenvalue weighted by molar-refractivity contribution is -0.192. The summed E-state index contributed by atoms with van der Waals surface area (Å²) >= 11 is 0. The molecule has 1 aromatic rings. The number of alkyl halides is 3. The number of aliphatic carboxylic acids is 1. The third-order valence-corrected chi connectivity index (χ3v) is 7.12. The molecule has 0 radical (unpaired) electrons. The van der Waals surface area contributed by atoms with E-state index in [0.717, 1.165) is 12.0 Å². The number of likely N-dealkylation sites (N-methyl/N-ethyl adjacent to an activating group) is 1. The van der Waals surface area contributed by atoms with Crippen molar-refractivity contribution in [1.29, 1.82) is 0 Å². The predicted octanol–water partition coefficient (Wildman–Crippen LogP) is 1.79. The highest BCUT2D eigenvalue weighted by atomic mass is 19.4. The number of nitrogens with zero attached hydrogens (tertiary/aromatic N) is 4. The van der Waals surface area contributed by atoms with Crippen molar-refractivity contribution in [3.8, 4) is 0 Å². The number of hydrogen-bond donors (Lipinski definition) is 1. The summed E-state index contributed by atoms with van der Waals surface area (Å²) in [4.78, 5) is 59.1. The number of amides is 2. The van der Waals surface area contributed by atoms with Gasteiger partial charge < -0.3 is 19.6 Å². The summed E-state index contributed by atoms with van der Waals surface area (Å²) in [6.07, 6.45) is -3.95. The van der Waals surface area contributed by atoms with E-state index in [2.05, 4.69) is 4.90 Å².